The second kappa shape index (κ2) is 24.0. The number of benzene rings is 2. The number of rotatable bonds is 26. The number of methoxy groups -OCH3 is 2. The Morgan fingerprint density at radius 1 is 0.634 bits per heavy atom. The number of hydrogen-bond donors (Lipinski definition) is 9. The Balaban J connectivity index is 1.11. The van der Waals surface area contributed by atoms with Gasteiger partial charge in [-0.3, -0.25) is 47.4 Å². The third-order valence-corrected chi connectivity index (χ3v) is 13.3. The number of H-pyrrole nitrogens is 2. The molecule has 2 saturated heterocycles. The molecule has 2 aliphatic heterocycles. The second-order valence-corrected chi connectivity index (χ2v) is 20.1. The van der Waals surface area contributed by atoms with E-state index in [1.165, 1.54) is 14.2 Å². The van der Waals surface area contributed by atoms with Crippen LogP contribution in [-0.4, -0.2) is 127 Å². The molecule has 23 heteroatoms. The van der Waals surface area contributed by atoms with Crippen molar-refractivity contribution >= 4 is 76.6 Å². The molecule has 9 N–H and O–H groups in total. The molecule has 0 radical (unpaired) electrons. The summed E-state index contributed by atoms with van der Waals surface area (Å²) in [4.78, 5) is 124. The van der Waals surface area contributed by atoms with Crippen LogP contribution < -0.4 is 41.4 Å². The molecule has 6 atom stereocenters. The van der Waals surface area contributed by atoms with Crippen molar-refractivity contribution in [1.29, 1.82) is 0 Å². The lowest BCUT2D eigenvalue weighted by molar-refractivity contribution is -0.132. The van der Waals surface area contributed by atoms with Crippen LogP contribution in [0.15, 0.2) is 48.5 Å². The molecule has 2 fully saturated rings. The molecule has 4 heterocycles. The van der Waals surface area contributed by atoms with E-state index < -0.39 is 92.2 Å². The predicted molar refractivity (Wildman–Crippen MR) is 258 cm³/mol. The first-order chi connectivity index (χ1) is 33.7. The first-order valence-electron chi connectivity index (χ1n) is 23.5. The van der Waals surface area contributed by atoms with E-state index in [0.29, 0.717) is 59.2 Å². The molecule has 22 nitrogen and oxygen atoms in total. The first kappa shape index (κ1) is 53.7. The number of phosphoric ester groups is 1. The minimum absolute atomic E-state index is 0.112. The summed E-state index contributed by atoms with van der Waals surface area (Å²) in [6.45, 7) is 5.76. The van der Waals surface area contributed by atoms with E-state index in [0.717, 1.165) is 0 Å². The number of ketones is 2. The number of aromatic amines is 2. The lowest BCUT2D eigenvalue weighted by atomic mass is 9.95. The van der Waals surface area contributed by atoms with Crippen LogP contribution in [0.2, 0.25) is 0 Å². The highest BCUT2D eigenvalue weighted by Crippen LogP contribution is 2.43. The van der Waals surface area contributed by atoms with Gasteiger partial charge in [0.2, 0.25) is 23.6 Å². The van der Waals surface area contributed by atoms with Crippen molar-refractivity contribution in [3.63, 3.8) is 0 Å². The molecule has 0 aliphatic carbocycles. The Bertz CT molecular complexity index is 2510. The van der Waals surface area contributed by atoms with Crippen molar-refractivity contribution in [3.8, 4) is 11.5 Å². The van der Waals surface area contributed by atoms with Gasteiger partial charge in [0, 0.05) is 46.7 Å². The minimum atomic E-state index is -5.23. The molecule has 2 aliphatic rings. The highest BCUT2D eigenvalue weighted by atomic mass is 31.2. The summed E-state index contributed by atoms with van der Waals surface area (Å²) in [6, 6.07) is 8.46. The number of carbonyl (C=O) groups is 8. The third kappa shape index (κ3) is 14.3. The van der Waals surface area contributed by atoms with Crippen LogP contribution in [0.1, 0.15) is 87.2 Å². The van der Waals surface area contributed by atoms with E-state index in [4.69, 9.17) is 18.5 Å². The summed E-state index contributed by atoms with van der Waals surface area (Å²) in [5, 5.41) is 17.3. The molecule has 0 unspecified atom stereocenters. The molecule has 71 heavy (non-hydrogen) atoms. The van der Waals surface area contributed by atoms with Gasteiger partial charge in [-0.15, -0.1) is 0 Å². The molecular weight excluding hydrogens is 944 g/mol. The van der Waals surface area contributed by atoms with Gasteiger partial charge in [-0.1, -0.05) is 39.8 Å². The first-order valence-corrected chi connectivity index (χ1v) is 25.0. The maximum Gasteiger partial charge on any atom is 0.473 e. The predicted octanol–water partition coefficient (Wildman–Crippen LogP) is 2.95. The molecule has 6 amide bonds. The van der Waals surface area contributed by atoms with Crippen molar-refractivity contribution in [2.45, 2.75) is 90.4 Å². The number of carbonyl (C=O) groups excluding carboxylic acids is 8. The van der Waals surface area contributed by atoms with Crippen molar-refractivity contribution in [2.24, 2.45) is 23.7 Å². The zero-order chi connectivity index (χ0) is 51.6. The molecule has 0 saturated carbocycles. The molecule has 2 aromatic carbocycles. The monoisotopic (exact) mass is 1010 g/mol. The topological polar surface area (TPSA) is 315 Å². The highest BCUT2D eigenvalue weighted by molar-refractivity contribution is 7.47. The quantitative estimate of drug-likeness (QED) is 0.0409. The zero-order valence-electron chi connectivity index (χ0n) is 40.5. The summed E-state index contributed by atoms with van der Waals surface area (Å²) in [5.74, 6) is -5.89. The van der Waals surface area contributed by atoms with E-state index >= 15 is 0 Å². The van der Waals surface area contributed by atoms with E-state index in [1.807, 2.05) is 27.7 Å². The van der Waals surface area contributed by atoms with Crippen LogP contribution in [0.5, 0.6) is 11.5 Å². The summed E-state index contributed by atoms with van der Waals surface area (Å²) in [6.07, 6.45) is 0.565. The van der Waals surface area contributed by atoms with Crippen LogP contribution in [0, 0.1) is 23.7 Å². The van der Waals surface area contributed by atoms with E-state index in [-0.39, 0.29) is 60.7 Å². The average molecular weight is 1010 g/mol. The van der Waals surface area contributed by atoms with Crippen LogP contribution in [0.25, 0.3) is 21.8 Å². The summed E-state index contributed by atoms with van der Waals surface area (Å²) in [7, 11) is -2.23. The molecule has 4 aromatic rings. The maximum atomic E-state index is 13.9. The van der Waals surface area contributed by atoms with E-state index in [9.17, 15) is 47.8 Å². The summed E-state index contributed by atoms with van der Waals surface area (Å²) in [5.41, 5.74) is 1.54. The van der Waals surface area contributed by atoms with Crippen LogP contribution in [0.4, 0.5) is 0 Å². The Kier molecular flexibility index (Phi) is 18.2. The molecular formula is C48H63N8O14P. The van der Waals surface area contributed by atoms with Gasteiger partial charge in [-0.25, -0.2) is 4.57 Å². The van der Waals surface area contributed by atoms with Gasteiger partial charge >= 0.3 is 7.82 Å². The number of ether oxygens (including phenoxy) is 2. The van der Waals surface area contributed by atoms with Crippen LogP contribution in [0.3, 0.4) is 0 Å². The SMILES string of the molecule is COc1cccc2[nH]c(C(=O)N[C@@H](CC(C)C)C(=O)N[C@@H](C[C@@H]3CCNC3=O)C(=O)COP(=O)(O)OCC(=O)[C@H](C[C@@H]3CCNC3=O)NC(=O)[C@H](CC(C)C)NC(=O)c3cc4c(OC)cccc4[nH]3)cc12. The fourth-order valence-electron chi connectivity index (χ4n) is 8.66. The summed E-state index contributed by atoms with van der Waals surface area (Å²) < 4.78 is 34.2. The molecule has 2 aromatic heterocycles. The van der Waals surface area contributed by atoms with Gasteiger partial charge in [-0.05, 0) is 86.8 Å². The number of phosphoric acid groups is 1. The van der Waals surface area contributed by atoms with Crippen molar-refractivity contribution in [2.75, 3.05) is 40.5 Å². The van der Waals surface area contributed by atoms with Crippen LogP contribution in [-0.2, 0) is 42.4 Å². The molecule has 0 bridgehead atoms. The Hall–Kier alpha value is -6.61. The fraction of sp³-hybridized carbons (Fsp3) is 0.500. The van der Waals surface area contributed by atoms with Gasteiger partial charge in [-0.2, -0.15) is 0 Å². The second-order valence-electron chi connectivity index (χ2n) is 18.6. The van der Waals surface area contributed by atoms with Gasteiger partial charge in [0.05, 0.1) is 26.3 Å². The summed E-state index contributed by atoms with van der Waals surface area (Å²) >= 11 is 0. The smallest absolute Gasteiger partial charge is 0.473 e. The molecule has 6 rings (SSSR count). The van der Waals surface area contributed by atoms with Gasteiger partial charge in [0.1, 0.15) is 48.2 Å². The number of aromatic nitrogens is 2. The maximum absolute atomic E-state index is 13.9. The van der Waals surface area contributed by atoms with Crippen LogP contribution >= 0.6 is 7.82 Å². The number of hydrogen-bond acceptors (Lipinski definition) is 13. The Labute approximate surface area is 409 Å². The lowest BCUT2D eigenvalue weighted by Gasteiger charge is -2.25. The number of nitrogens with one attached hydrogen (secondary N) is 8. The van der Waals surface area contributed by atoms with E-state index in [1.54, 1.807) is 48.5 Å². The number of amides is 6. The minimum Gasteiger partial charge on any atom is -0.496 e. The van der Waals surface area contributed by atoms with Gasteiger partial charge in [0.25, 0.3) is 11.8 Å². The molecule has 0 spiro atoms. The molecule has 384 valence electrons. The standard InChI is InChI=1S/C48H63N8O14P/c1-25(2)17-35(55-47(63)37-21-29-31(51-37)9-7-11-41(29)67-5)45(61)53-33(19-27-13-15-49-43(27)59)39(57)23-69-71(65,66)70-24-40(58)34(20-28-14-16-50-44(28)60)54-46(62)36(18-26(3)4)56-48(64)38-22-30-32(52-38)10-8-12-42(30)68-6/h7-12,21-22,25-28,33-36,51-52H,13-20,23-24H2,1-6H3,(H,49,59)(H,50,60)(H,53,61)(H,54,62)(H,55,63)(H,56,64)(H,65,66)/t27-,28-,33-,34-,35-,36-/m0/s1. The average Bonchev–Trinajstić information content (AvgIpc) is 4.15. The van der Waals surface area contributed by atoms with Crippen molar-refractivity contribution in [1.82, 2.24) is 41.9 Å². The van der Waals surface area contributed by atoms with Crippen molar-refractivity contribution in [3.05, 3.63) is 59.9 Å². The Morgan fingerprint density at radius 2 is 1.03 bits per heavy atom. The number of fused-ring (bicyclic) bond motifs is 2. The van der Waals surface area contributed by atoms with Gasteiger partial charge in [0.15, 0.2) is 11.6 Å². The normalized spacial score (nSPS) is 17.6. The lowest BCUT2D eigenvalue weighted by Crippen LogP contribution is -2.53. The van der Waals surface area contributed by atoms with Gasteiger partial charge < -0.3 is 56.2 Å². The fourth-order valence-corrected chi connectivity index (χ4v) is 9.31. The van der Waals surface area contributed by atoms with Crippen molar-refractivity contribution < 1.29 is 66.3 Å². The number of Topliss-reactive ketones (excluding diaryl/α,β-unsaturated/α-hetero) is 2. The highest BCUT2D eigenvalue weighted by Gasteiger charge is 2.37. The zero-order valence-corrected chi connectivity index (χ0v) is 41.4. The largest absolute Gasteiger partial charge is 0.496 e. The Morgan fingerprint density at radius 3 is 1.37 bits per heavy atom. The third-order valence-electron chi connectivity index (χ3n) is 12.4. The van der Waals surface area contributed by atoms with E-state index in [2.05, 4.69) is 41.9 Å².